The number of halogens is 3. The molecule has 1 saturated heterocycles. The summed E-state index contributed by atoms with van der Waals surface area (Å²) in [7, 11) is 0. The molecule has 2 heterocycles. The third kappa shape index (κ3) is 4.37. The van der Waals surface area contributed by atoms with Crippen molar-refractivity contribution < 1.29 is 13.6 Å². The van der Waals surface area contributed by atoms with Gasteiger partial charge in [-0.1, -0.05) is 23.7 Å². The SMILES string of the molecule is O=C(NCC(F)F)[C@@H]1CCCN1c1nccc(Nc2ccccc2Cl)n1. The largest absolute Gasteiger partial charge is 0.349 e. The predicted molar refractivity (Wildman–Crippen MR) is 96.1 cm³/mol. The second-order valence-corrected chi connectivity index (χ2v) is 6.24. The molecule has 9 heteroatoms. The van der Waals surface area contributed by atoms with E-state index in [4.69, 9.17) is 11.6 Å². The zero-order chi connectivity index (χ0) is 18.5. The van der Waals surface area contributed by atoms with Crippen molar-refractivity contribution in [3.8, 4) is 0 Å². The second-order valence-electron chi connectivity index (χ2n) is 5.83. The molecule has 3 rings (SSSR count). The topological polar surface area (TPSA) is 70.2 Å². The van der Waals surface area contributed by atoms with E-state index in [1.54, 1.807) is 23.2 Å². The second kappa shape index (κ2) is 8.27. The number of hydrogen-bond donors (Lipinski definition) is 2. The molecule has 1 aromatic carbocycles. The summed E-state index contributed by atoms with van der Waals surface area (Å²) in [5.74, 6) is 0.467. The fraction of sp³-hybridized carbons (Fsp3) is 0.353. The fourth-order valence-electron chi connectivity index (χ4n) is 2.83. The lowest BCUT2D eigenvalue weighted by atomic mass is 10.2. The number of nitrogens with one attached hydrogen (secondary N) is 2. The Labute approximate surface area is 154 Å². The van der Waals surface area contributed by atoms with Crippen molar-refractivity contribution in [1.82, 2.24) is 15.3 Å². The van der Waals surface area contributed by atoms with Crippen molar-refractivity contribution in [3.63, 3.8) is 0 Å². The van der Waals surface area contributed by atoms with E-state index in [1.807, 2.05) is 18.2 Å². The van der Waals surface area contributed by atoms with Gasteiger partial charge in [-0.15, -0.1) is 0 Å². The molecule has 138 valence electrons. The number of carbonyl (C=O) groups excluding carboxylic acids is 1. The molecule has 2 N–H and O–H groups in total. The highest BCUT2D eigenvalue weighted by Gasteiger charge is 2.32. The number of anilines is 3. The number of hydrogen-bond acceptors (Lipinski definition) is 5. The van der Waals surface area contributed by atoms with Gasteiger partial charge in [0.2, 0.25) is 11.9 Å². The number of rotatable bonds is 6. The van der Waals surface area contributed by atoms with E-state index in [2.05, 4.69) is 20.6 Å². The third-order valence-corrected chi connectivity index (χ3v) is 4.35. The number of amides is 1. The monoisotopic (exact) mass is 381 g/mol. The first kappa shape index (κ1) is 18.3. The standard InChI is InChI=1S/C17H18ClF2N5O/c18-11-4-1-2-5-12(11)23-15-7-8-21-17(24-15)25-9-3-6-13(25)16(26)22-10-14(19)20/h1-2,4-5,7-8,13-14H,3,6,9-10H2,(H,22,26)(H,21,23,24)/t13-/m0/s1. The molecule has 0 unspecified atom stereocenters. The van der Waals surface area contributed by atoms with Gasteiger partial charge in [-0.05, 0) is 31.0 Å². The highest BCUT2D eigenvalue weighted by molar-refractivity contribution is 6.33. The van der Waals surface area contributed by atoms with Crippen LogP contribution in [0.25, 0.3) is 0 Å². The van der Waals surface area contributed by atoms with Gasteiger partial charge >= 0.3 is 0 Å². The summed E-state index contributed by atoms with van der Waals surface area (Å²) < 4.78 is 24.6. The summed E-state index contributed by atoms with van der Waals surface area (Å²) in [6.07, 6.45) is 0.334. The minimum absolute atomic E-state index is 0.372. The summed E-state index contributed by atoms with van der Waals surface area (Å²) in [6.45, 7) is -0.0690. The molecule has 0 saturated carbocycles. The number of nitrogens with zero attached hydrogens (tertiary/aromatic N) is 3. The predicted octanol–water partition coefficient (Wildman–Crippen LogP) is 3.22. The quantitative estimate of drug-likeness (QED) is 0.804. The molecule has 1 fully saturated rings. The Kier molecular flexibility index (Phi) is 5.82. The van der Waals surface area contributed by atoms with Crippen LogP contribution in [0.3, 0.4) is 0 Å². The van der Waals surface area contributed by atoms with Gasteiger partial charge < -0.3 is 15.5 Å². The maximum Gasteiger partial charge on any atom is 0.255 e. The number of carbonyl (C=O) groups is 1. The number of benzene rings is 1. The lowest BCUT2D eigenvalue weighted by Gasteiger charge is -2.24. The van der Waals surface area contributed by atoms with Gasteiger partial charge in [0.25, 0.3) is 6.43 Å². The van der Waals surface area contributed by atoms with E-state index in [9.17, 15) is 13.6 Å². The van der Waals surface area contributed by atoms with Gasteiger partial charge in [0.15, 0.2) is 0 Å². The maximum absolute atomic E-state index is 12.3. The molecule has 1 amide bonds. The molecule has 6 nitrogen and oxygen atoms in total. The van der Waals surface area contributed by atoms with Crippen LogP contribution in [-0.4, -0.2) is 41.4 Å². The van der Waals surface area contributed by atoms with Gasteiger partial charge in [-0.3, -0.25) is 4.79 Å². The lowest BCUT2D eigenvalue weighted by Crippen LogP contribution is -2.45. The Hall–Kier alpha value is -2.48. The van der Waals surface area contributed by atoms with Crippen LogP contribution in [0.4, 0.5) is 26.2 Å². The van der Waals surface area contributed by atoms with Crippen molar-refractivity contribution >= 4 is 35.0 Å². The first-order valence-corrected chi connectivity index (χ1v) is 8.59. The molecule has 26 heavy (non-hydrogen) atoms. The van der Waals surface area contributed by atoms with Gasteiger partial charge in [-0.25, -0.2) is 13.8 Å². The number of para-hydroxylation sites is 1. The molecule has 0 radical (unpaired) electrons. The molecule has 1 atom stereocenters. The third-order valence-electron chi connectivity index (χ3n) is 4.02. The number of alkyl halides is 2. The smallest absolute Gasteiger partial charge is 0.255 e. The molecule has 0 bridgehead atoms. The van der Waals surface area contributed by atoms with Crippen molar-refractivity contribution in [2.24, 2.45) is 0 Å². The fourth-order valence-corrected chi connectivity index (χ4v) is 3.01. The summed E-state index contributed by atoms with van der Waals surface area (Å²) in [6, 6.07) is 8.39. The normalized spacial score (nSPS) is 16.8. The summed E-state index contributed by atoms with van der Waals surface area (Å²) >= 11 is 6.14. The van der Waals surface area contributed by atoms with Crippen LogP contribution in [-0.2, 0) is 4.79 Å². The average Bonchev–Trinajstić information content (AvgIpc) is 3.12. The lowest BCUT2D eigenvalue weighted by molar-refractivity contribution is -0.122. The molecule has 2 aromatic rings. The summed E-state index contributed by atoms with van der Waals surface area (Å²) in [4.78, 5) is 22.6. The molecule has 0 spiro atoms. The van der Waals surface area contributed by atoms with E-state index >= 15 is 0 Å². The maximum atomic E-state index is 12.3. The number of aromatic nitrogens is 2. The zero-order valence-electron chi connectivity index (χ0n) is 13.8. The minimum Gasteiger partial charge on any atom is -0.349 e. The van der Waals surface area contributed by atoms with Crippen LogP contribution in [0.1, 0.15) is 12.8 Å². The first-order chi connectivity index (χ1) is 12.5. The van der Waals surface area contributed by atoms with Gasteiger partial charge in [-0.2, -0.15) is 4.98 Å². The Morgan fingerprint density at radius 2 is 2.15 bits per heavy atom. The molecule has 1 aromatic heterocycles. The van der Waals surface area contributed by atoms with Crippen molar-refractivity contribution in [1.29, 1.82) is 0 Å². The molecule has 1 aliphatic rings. The van der Waals surface area contributed by atoms with Crippen molar-refractivity contribution in [3.05, 3.63) is 41.6 Å². The minimum atomic E-state index is -2.58. The molecular formula is C17H18ClF2N5O. The van der Waals surface area contributed by atoms with Gasteiger partial charge in [0.05, 0.1) is 17.3 Å². The van der Waals surface area contributed by atoms with E-state index in [0.29, 0.717) is 35.4 Å². The summed E-state index contributed by atoms with van der Waals surface area (Å²) in [5, 5.41) is 5.93. The Morgan fingerprint density at radius 3 is 2.92 bits per heavy atom. The highest BCUT2D eigenvalue weighted by Crippen LogP contribution is 2.26. The van der Waals surface area contributed by atoms with Gasteiger partial charge in [0.1, 0.15) is 11.9 Å². The van der Waals surface area contributed by atoms with Crippen LogP contribution in [0, 0.1) is 0 Å². The highest BCUT2D eigenvalue weighted by atomic mass is 35.5. The van der Waals surface area contributed by atoms with Crippen LogP contribution in [0.2, 0.25) is 5.02 Å². The zero-order valence-corrected chi connectivity index (χ0v) is 14.6. The van der Waals surface area contributed by atoms with Crippen LogP contribution in [0.5, 0.6) is 0 Å². The van der Waals surface area contributed by atoms with Crippen LogP contribution in [0.15, 0.2) is 36.5 Å². The van der Waals surface area contributed by atoms with Crippen molar-refractivity contribution in [2.45, 2.75) is 25.3 Å². The Balaban J connectivity index is 1.74. The van der Waals surface area contributed by atoms with E-state index < -0.39 is 24.9 Å². The average molecular weight is 382 g/mol. The molecular weight excluding hydrogens is 364 g/mol. The first-order valence-electron chi connectivity index (χ1n) is 8.21. The Bertz CT molecular complexity index is 776. The van der Waals surface area contributed by atoms with Gasteiger partial charge in [0, 0.05) is 12.7 Å². The van der Waals surface area contributed by atoms with Crippen LogP contribution < -0.4 is 15.5 Å². The van der Waals surface area contributed by atoms with Crippen LogP contribution >= 0.6 is 11.6 Å². The van der Waals surface area contributed by atoms with E-state index in [1.165, 1.54) is 0 Å². The Morgan fingerprint density at radius 1 is 1.35 bits per heavy atom. The molecule has 0 aliphatic carbocycles. The molecule has 1 aliphatic heterocycles. The van der Waals surface area contributed by atoms with E-state index in [-0.39, 0.29) is 0 Å². The van der Waals surface area contributed by atoms with Crippen molar-refractivity contribution in [2.75, 3.05) is 23.3 Å². The van der Waals surface area contributed by atoms with E-state index in [0.717, 1.165) is 6.42 Å². The summed E-state index contributed by atoms with van der Waals surface area (Å²) in [5.41, 5.74) is 0.700.